The number of nitrogens with one attached hydrogen (secondary N) is 1. The van der Waals surface area contributed by atoms with Crippen LogP contribution in [0.15, 0.2) is 18.2 Å². The van der Waals surface area contributed by atoms with Gasteiger partial charge < -0.3 is 11.1 Å². The van der Waals surface area contributed by atoms with Gasteiger partial charge in [0.25, 0.3) is 0 Å². The van der Waals surface area contributed by atoms with Crippen molar-refractivity contribution in [3.63, 3.8) is 0 Å². The zero-order chi connectivity index (χ0) is 13.0. The van der Waals surface area contributed by atoms with Crippen molar-refractivity contribution in [1.82, 2.24) is 0 Å². The maximum Gasteiger partial charge on any atom is 0.368 e. The van der Waals surface area contributed by atoms with E-state index >= 15 is 0 Å². The van der Waals surface area contributed by atoms with Gasteiger partial charge in [-0.3, -0.25) is 25.0 Å². The summed E-state index contributed by atoms with van der Waals surface area (Å²) in [4.78, 5) is 30.1. The van der Waals surface area contributed by atoms with Crippen LogP contribution in [-0.4, -0.2) is 22.3 Å². The van der Waals surface area contributed by atoms with Crippen molar-refractivity contribution in [3.8, 4) is 0 Å². The SMILES string of the molecule is NC(=O)CNc1cccc([N+](=O)[O-])c1[N+](=O)[O-]. The van der Waals surface area contributed by atoms with Crippen LogP contribution < -0.4 is 11.1 Å². The first-order valence-corrected chi connectivity index (χ1v) is 4.37. The number of hydrogen-bond acceptors (Lipinski definition) is 6. The second-order valence-electron chi connectivity index (χ2n) is 3.01. The Morgan fingerprint density at radius 1 is 1.29 bits per heavy atom. The van der Waals surface area contributed by atoms with E-state index in [0.29, 0.717) is 0 Å². The molecule has 0 fully saturated rings. The Morgan fingerprint density at radius 3 is 2.41 bits per heavy atom. The maximum atomic E-state index is 10.7. The Labute approximate surface area is 94.5 Å². The summed E-state index contributed by atoms with van der Waals surface area (Å²) < 4.78 is 0. The molecular formula is C8H8N4O5. The summed E-state index contributed by atoms with van der Waals surface area (Å²) >= 11 is 0. The molecule has 0 aliphatic rings. The van der Waals surface area contributed by atoms with E-state index in [2.05, 4.69) is 5.32 Å². The molecular weight excluding hydrogens is 232 g/mol. The Bertz CT molecular complexity index is 487. The van der Waals surface area contributed by atoms with Gasteiger partial charge in [0.15, 0.2) is 0 Å². The highest BCUT2D eigenvalue weighted by Gasteiger charge is 2.27. The molecule has 17 heavy (non-hydrogen) atoms. The molecule has 0 aromatic heterocycles. The van der Waals surface area contributed by atoms with Gasteiger partial charge in [-0.1, -0.05) is 6.07 Å². The van der Waals surface area contributed by atoms with E-state index in [1.165, 1.54) is 12.1 Å². The maximum absolute atomic E-state index is 10.7. The van der Waals surface area contributed by atoms with Gasteiger partial charge >= 0.3 is 11.4 Å². The fraction of sp³-hybridized carbons (Fsp3) is 0.125. The third kappa shape index (κ3) is 2.87. The van der Waals surface area contributed by atoms with Crippen molar-refractivity contribution < 1.29 is 14.6 Å². The summed E-state index contributed by atoms with van der Waals surface area (Å²) in [5.41, 5.74) is 3.39. The van der Waals surface area contributed by atoms with Crippen LogP contribution in [0.25, 0.3) is 0 Å². The molecule has 0 spiro atoms. The number of para-hydroxylation sites is 1. The molecule has 0 aliphatic carbocycles. The summed E-state index contributed by atoms with van der Waals surface area (Å²) in [6, 6.07) is 3.54. The van der Waals surface area contributed by atoms with E-state index in [1.807, 2.05) is 0 Å². The topological polar surface area (TPSA) is 141 Å². The summed E-state index contributed by atoms with van der Waals surface area (Å²) in [5, 5.41) is 23.7. The van der Waals surface area contributed by atoms with Gasteiger partial charge in [0.2, 0.25) is 5.91 Å². The number of carbonyl (C=O) groups excluding carboxylic acids is 1. The number of nitrogens with two attached hydrogens (primary N) is 1. The average Bonchev–Trinajstić information content (AvgIpc) is 2.25. The lowest BCUT2D eigenvalue weighted by atomic mass is 10.2. The van der Waals surface area contributed by atoms with Crippen molar-refractivity contribution in [3.05, 3.63) is 38.4 Å². The Morgan fingerprint density at radius 2 is 1.94 bits per heavy atom. The molecule has 1 amide bonds. The van der Waals surface area contributed by atoms with Gasteiger partial charge in [0, 0.05) is 6.07 Å². The number of carbonyl (C=O) groups is 1. The summed E-state index contributed by atoms with van der Waals surface area (Å²) in [6.07, 6.45) is 0. The number of nitro groups is 2. The number of nitrogens with zero attached hydrogens (tertiary/aromatic N) is 2. The smallest absolute Gasteiger partial charge is 0.368 e. The number of benzene rings is 1. The van der Waals surface area contributed by atoms with Crippen LogP contribution in [0.5, 0.6) is 0 Å². The summed E-state index contributed by atoms with van der Waals surface area (Å²) in [5.74, 6) is -0.731. The fourth-order valence-corrected chi connectivity index (χ4v) is 1.20. The number of hydrogen-bond donors (Lipinski definition) is 2. The molecule has 0 radical (unpaired) electrons. The Kier molecular flexibility index (Phi) is 3.55. The first-order valence-electron chi connectivity index (χ1n) is 4.37. The quantitative estimate of drug-likeness (QED) is 0.563. The van der Waals surface area contributed by atoms with Crippen LogP contribution in [0.4, 0.5) is 17.1 Å². The molecule has 90 valence electrons. The first-order chi connectivity index (χ1) is 7.93. The lowest BCUT2D eigenvalue weighted by Crippen LogP contribution is -2.22. The van der Waals surface area contributed by atoms with Crippen LogP contribution in [0, 0.1) is 20.2 Å². The predicted molar refractivity (Wildman–Crippen MR) is 57.4 cm³/mol. The molecule has 0 atom stereocenters. The minimum Gasteiger partial charge on any atom is -0.370 e. The first kappa shape index (κ1) is 12.4. The van der Waals surface area contributed by atoms with Crippen molar-refractivity contribution in [1.29, 1.82) is 0 Å². The summed E-state index contributed by atoms with van der Waals surface area (Å²) in [7, 11) is 0. The molecule has 1 aromatic rings. The van der Waals surface area contributed by atoms with E-state index < -0.39 is 27.1 Å². The molecule has 3 N–H and O–H groups in total. The number of amides is 1. The van der Waals surface area contributed by atoms with Gasteiger partial charge in [-0.05, 0) is 6.07 Å². The Hall–Kier alpha value is -2.71. The molecule has 0 aliphatic heterocycles. The van der Waals surface area contributed by atoms with E-state index in [1.54, 1.807) is 0 Å². The Balaban J connectivity index is 3.20. The van der Waals surface area contributed by atoms with Crippen molar-refractivity contribution >= 4 is 23.0 Å². The van der Waals surface area contributed by atoms with Crippen LogP contribution in [0.1, 0.15) is 0 Å². The summed E-state index contributed by atoms with van der Waals surface area (Å²) in [6.45, 7) is -0.345. The lowest BCUT2D eigenvalue weighted by Gasteiger charge is -2.04. The van der Waals surface area contributed by atoms with Gasteiger partial charge in [0.05, 0.1) is 16.4 Å². The molecule has 9 heteroatoms. The molecule has 9 nitrogen and oxygen atoms in total. The number of rotatable bonds is 5. The van der Waals surface area contributed by atoms with Crippen LogP contribution in [0.2, 0.25) is 0 Å². The molecule has 0 unspecified atom stereocenters. The van der Waals surface area contributed by atoms with Gasteiger partial charge in [-0.2, -0.15) is 0 Å². The molecule has 0 bridgehead atoms. The molecule has 0 heterocycles. The second kappa shape index (κ2) is 4.88. The van der Waals surface area contributed by atoms with Gasteiger partial charge in [-0.25, -0.2) is 0 Å². The molecule has 0 saturated carbocycles. The minimum atomic E-state index is -0.887. The highest BCUT2D eigenvalue weighted by atomic mass is 16.6. The monoisotopic (exact) mass is 240 g/mol. The largest absolute Gasteiger partial charge is 0.370 e. The minimum absolute atomic E-state index is 0.122. The van der Waals surface area contributed by atoms with E-state index in [0.717, 1.165) is 6.07 Å². The van der Waals surface area contributed by atoms with E-state index in [-0.39, 0.29) is 12.2 Å². The molecule has 0 saturated heterocycles. The van der Waals surface area contributed by atoms with Crippen LogP contribution >= 0.6 is 0 Å². The lowest BCUT2D eigenvalue weighted by molar-refractivity contribution is -0.421. The highest BCUT2D eigenvalue weighted by molar-refractivity contribution is 5.81. The van der Waals surface area contributed by atoms with E-state index in [9.17, 15) is 25.0 Å². The van der Waals surface area contributed by atoms with Crippen molar-refractivity contribution in [2.24, 2.45) is 5.73 Å². The number of primary amides is 1. The highest BCUT2D eigenvalue weighted by Crippen LogP contribution is 2.33. The van der Waals surface area contributed by atoms with Crippen LogP contribution in [0.3, 0.4) is 0 Å². The molecule has 1 aromatic carbocycles. The van der Waals surface area contributed by atoms with Crippen molar-refractivity contribution in [2.75, 3.05) is 11.9 Å². The van der Waals surface area contributed by atoms with E-state index in [4.69, 9.17) is 5.73 Å². The molecule has 1 rings (SSSR count). The average molecular weight is 240 g/mol. The standard InChI is InChI=1S/C8H8N4O5/c9-7(13)4-10-5-2-1-3-6(11(14)15)8(5)12(16)17/h1-3,10H,4H2,(H2,9,13). The number of anilines is 1. The third-order valence-electron chi connectivity index (χ3n) is 1.85. The van der Waals surface area contributed by atoms with Gasteiger partial charge in [-0.15, -0.1) is 0 Å². The normalized spacial score (nSPS) is 9.65. The zero-order valence-corrected chi connectivity index (χ0v) is 8.45. The zero-order valence-electron chi connectivity index (χ0n) is 8.45. The number of nitro benzene ring substituents is 2. The second-order valence-corrected chi connectivity index (χ2v) is 3.01. The third-order valence-corrected chi connectivity index (χ3v) is 1.85. The van der Waals surface area contributed by atoms with Crippen LogP contribution in [-0.2, 0) is 4.79 Å². The van der Waals surface area contributed by atoms with Gasteiger partial charge in [0.1, 0.15) is 5.69 Å². The fourth-order valence-electron chi connectivity index (χ4n) is 1.20. The van der Waals surface area contributed by atoms with Crippen molar-refractivity contribution in [2.45, 2.75) is 0 Å². The predicted octanol–water partition coefficient (Wildman–Crippen LogP) is 0.400.